The lowest BCUT2D eigenvalue weighted by Gasteiger charge is -2.35. The summed E-state index contributed by atoms with van der Waals surface area (Å²) in [6, 6.07) is 3.62. The van der Waals surface area contributed by atoms with E-state index in [9.17, 15) is 8.78 Å². The zero-order chi connectivity index (χ0) is 13.0. The molecule has 0 saturated heterocycles. The molecule has 2 N–H and O–H groups in total. The maximum atomic E-state index is 13.0. The molecule has 0 atom stereocenters. The van der Waals surface area contributed by atoms with E-state index in [1.807, 2.05) is 0 Å². The Hall–Kier alpha value is -1.16. The highest BCUT2D eigenvalue weighted by Gasteiger charge is 2.31. The molecule has 18 heavy (non-hydrogen) atoms. The van der Waals surface area contributed by atoms with Gasteiger partial charge in [0.1, 0.15) is 5.75 Å². The van der Waals surface area contributed by atoms with E-state index in [1.165, 1.54) is 25.3 Å². The molecule has 0 aromatic heterocycles. The fourth-order valence-corrected chi connectivity index (χ4v) is 2.51. The number of benzene rings is 1. The second-order valence-corrected chi connectivity index (χ2v) is 5.13. The average Bonchev–Trinajstić information content (AvgIpc) is 2.41. The van der Waals surface area contributed by atoms with Crippen molar-refractivity contribution in [3.8, 4) is 5.75 Å². The molecule has 0 amide bonds. The van der Waals surface area contributed by atoms with Crippen LogP contribution in [0.15, 0.2) is 18.2 Å². The molecule has 0 bridgehead atoms. The lowest BCUT2D eigenvalue weighted by atomic mass is 9.75. The van der Waals surface area contributed by atoms with Crippen molar-refractivity contribution in [3.05, 3.63) is 29.8 Å². The summed E-state index contributed by atoms with van der Waals surface area (Å²) in [5.41, 5.74) is 5.85. The van der Waals surface area contributed by atoms with E-state index in [0.717, 1.165) is 25.0 Å². The van der Waals surface area contributed by atoms with E-state index in [2.05, 4.69) is 0 Å². The average molecular weight is 255 g/mol. The van der Waals surface area contributed by atoms with Gasteiger partial charge in [-0.15, -0.1) is 0 Å². The van der Waals surface area contributed by atoms with Gasteiger partial charge in [-0.25, -0.2) is 8.78 Å². The van der Waals surface area contributed by atoms with Crippen LogP contribution in [0.4, 0.5) is 8.78 Å². The Bertz CT molecular complexity index is 403. The molecule has 1 aromatic rings. The third-order valence-electron chi connectivity index (χ3n) is 3.78. The van der Waals surface area contributed by atoms with Gasteiger partial charge >= 0.3 is 0 Å². The second kappa shape index (κ2) is 5.65. The molecule has 1 fully saturated rings. The van der Waals surface area contributed by atoms with E-state index in [4.69, 9.17) is 10.5 Å². The van der Waals surface area contributed by atoms with Crippen LogP contribution < -0.4 is 10.5 Å². The van der Waals surface area contributed by atoms with Gasteiger partial charge < -0.3 is 10.5 Å². The van der Waals surface area contributed by atoms with Crippen molar-refractivity contribution in [3.63, 3.8) is 0 Å². The lowest BCUT2D eigenvalue weighted by Crippen LogP contribution is -2.38. The van der Waals surface area contributed by atoms with Gasteiger partial charge in [0.05, 0.1) is 6.61 Å². The summed E-state index contributed by atoms with van der Waals surface area (Å²) in [5, 5.41) is 0. The molecule has 0 spiro atoms. The Morgan fingerprint density at radius 1 is 1.11 bits per heavy atom. The molecular weight excluding hydrogens is 236 g/mol. The Morgan fingerprint density at radius 3 is 2.44 bits per heavy atom. The molecule has 100 valence electrons. The molecule has 1 aromatic carbocycles. The van der Waals surface area contributed by atoms with Crippen LogP contribution in [0.5, 0.6) is 5.75 Å². The Kier molecular flexibility index (Phi) is 4.17. The van der Waals surface area contributed by atoms with Crippen LogP contribution >= 0.6 is 0 Å². The number of hydrogen-bond acceptors (Lipinski definition) is 2. The van der Waals surface area contributed by atoms with Crippen molar-refractivity contribution in [2.24, 2.45) is 11.1 Å². The van der Waals surface area contributed by atoms with Crippen molar-refractivity contribution in [1.82, 2.24) is 0 Å². The largest absolute Gasteiger partial charge is 0.493 e. The number of halogens is 2. The lowest BCUT2D eigenvalue weighted by molar-refractivity contribution is 0.105. The van der Waals surface area contributed by atoms with Gasteiger partial charge in [0.2, 0.25) is 0 Å². The van der Waals surface area contributed by atoms with E-state index < -0.39 is 11.6 Å². The summed E-state index contributed by atoms with van der Waals surface area (Å²) in [6.07, 6.45) is 5.67. The first-order valence-electron chi connectivity index (χ1n) is 6.43. The Labute approximate surface area is 106 Å². The summed E-state index contributed by atoms with van der Waals surface area (Å²) in [5.74, 6) is -1.36. The maximum Gasteiger partial charge on any atom is 0.162 e. The third kappa shape index (κ3) is 2.99. The van der Waals surface area contributed by atoms with Crippen molar-refractivity contribution in [2.75, 3.05) is 13.2 Å². The third-order valence-corrected chi connectivity index (χ3v) is 3.78. The molecule has 0 unspecified atom stereocenters. The summed E-state index contributed by atoms with van der Waals surface area (Å²) in [6.45, 7) is 1.06. The number of nitrogens with two attached hydrogens (primary N) is 1. The molecule has 2 rings (SSSR count). The fourth-order valence-electron chi connectivity index (χ4n) is 2.51. The highest BCUT2D eigenvalue weighted by atomic mass is 19.2. The monoisotopic (exact) mass is 255 g/mol. The maximum absolute atomic E-state index is 13.0. The molecule has 0 heterocycles. The van der Waals surface area contributed by atoms with Crippen molar-refractivity contribution in [2.45, 2.75) is 32.1 Å². The minimum Gasteiger partial charge on any atom is -0.493 e. The highest BCUT2D eigenvalue weighted by molar-refractivity contribution is 5.23. The Balaban J connectivity index is 1.98. The summed E-state index contributed by atoms with van der Waals surface area (Å²) in [4.78, 5) is 0. The van der Waals surface area contributed by atoms with Crippen LogP contribution in [0.25, 0.3) is 0 Å². The van der Waals surface area contributed by atoms with Crippen molar-refractivity contribution in [1.29, 1.82) is 0 Å². The zero-order valence-corrected chi connectivity index (χ0v) is 10.4. The van der Waals surface area contributed by atoms with Gasteiger partial charge in [-0.1, -0.05) is 19.3 Å². The van der Waals surface area contributed by atoms with E-state index >= 15 is 0 Å². The molecule has 1 saturated carbocycles. The van der Waals surface area contributed by atoms with Crippen molar-refractivity contribution >= 4 is 0 Å². The van der Waals surface area contributed by atoms with Gasteiger partial charge in [-0.3, -0.25) is 0 Å². The first-order chi connectivity index (χ1) is 8.65. The standard InChI is InChI=1S/C14H19F2NO/c15-12-5-4-11(8-13(12)16)18-10-14(9-17)6-2-1-3-7-14/h4-5,8H,1-3,6-7,9-10,17H2. The van der Waals surface area contributed by atoms with E-state index in [0.29, 0.717) is 18.9 Å². The van der Waals surface area contributed by atoms with Crippen LogP contribution in [-0.4, -0.2) is 13.2 Å². The number of ether oxygens (including phenoxy) is 1. The molecule has 1 aliphatic carbocycles. The topological polar surface area (TPSA) is 35.2 Å². The molecule has 0 radical (unpaired) electrons. The van der Waals surface area contributed by atoms with Crippen LogP contribution in [0.2, 0.25) is 0 Å². The fraction of sp³-hybridized carbons (Fsp3) is 0.571. The van der Waals surface area contributed by atoms with Gasteiger partial charge in [0.25, 0.3) is 0 Å². The Morgan fingerprint density at radius 2 is 1.83 bits per heavy atom. The minimum atomic E-state index is -0.877. The van der Waals surface area contributed by atoms with Crippen LogP contribution in [0, 0.1) is 17.0 Å². The van der Waals surface area contributed by atoms with Crippen molar-refractivity contribution < 1.29 is 13.5 Å². The summed E-state index contributed by atoms with van der Waals surface area (Å²) >= 11 is 0. The number of rotatable bonds is 4. The predicted molar refractivity (Wildman–Crippen MR) is 66.4 cm³/mol. The van der Waals surface area contributed by atoms with Crippen LogP contribution in [-0.2, 0) is 0 Å². The first kappa shape index (κ1) is 13.3. The smallest absolute Gasteiger partial charge is 0.162 e. The van der Waals surface area contributed by atoms with Gasteiger partial charge in [0, 0.05) is 18.0 Å². The molecule has 0 aliphatic heterocycles. The van der Waals surface area contributed by atoms with Gasteiger partial charge in [-0.2, -0.15) is 0 Å². The number of hydrogen-bond donors (Lipinski definition) is 1. The molecule has 1 aliphatic rings. The van der Waals surface area contributed by atoms with Crippen LogP contribution in [0.3, 0.4) is 0 Å². The van der Waals surface area contributed by atoms with Crippen LogP contribution in [0.1, 0.15) is 32.1 Å². The van der Waals surface area contributed by atoms with Gasteiger partial charge in [0.15, 0.2) is 11.6 Å². The molecular formula is C14H19F2NO. The minimum absolute atomic E-state index is 0.00309. The SMILES string of the molecule is NCC1(COc2ccc(F)c(F)c2)CCCCC1. The second-order valence-electron chi connectivity index (χ2n) is 5.13. The quantitative estimate of drug-likeness (QED) is 0.896. The van der Waals surface area contributed by atoms with E-state index in [1.54, 1.807) is 0 Å². The molecule has 2 nitrogen and oxygen atoms in total. The van der Waals surface area contributed by atoms with E-state index in [-0.39, 0.29) is 5.41 Å². The van der Waals surface area contributed by atoms with Gasteiger partial charge in [-0.05, 0) is 25.0 Å². The summed E-state index contributed by atoms with van der Waals surface area (Å²) < 4.78 is 31.4. The predicted octanol–water partition coefficient (Wildman–Crippen LogP) is 3.25. The summed E-state index contributed by atoms with van der Waals surface area (Å²) in [7, 11) is 0. The first-order valence-corrected chi connectivity index (χ1v) is 6.43. The zero-order valence-electron chi connectivity index (χ0n) is 10.4. The highest BCUT2D eigenvalue weighted by Crippen LogP contribution is 2.35. The molecule has 4 heteroatoms. The normalized spacial score (nSPS) is 18.6.